The topological polar surface area (TPSA) is 85.5 Å². The van der Waals surface area contributed by atoms with Crippen molar-refractivity contribution in [2.45, 2.75) is 32.8 Å². The van der Waals surface area contributed by atoms with Crippen LogP contribution in [0.4, 0.5) is 4.79 Å². The molecule has 1 aliphatic heterocycles. The van der Waals surface area contributed by atoms with Gasteiger partial charge in [0.15, 0.2) is 0 Å². The lowest BCUT2D eigenvalue weighted by molar-refractivity contribution is -0.117. The van der Waals surface area contributed by atoms with Gasteiger partial charge in [0.05, 0.1) is 6.42 Å². The highest BCUT2D eigenvalue weighted by Gasteiger charge is 2.32. The quantitative estimate of drug-likeness (QED) is 0.865. The molecule has 1 aliphatic rings. The summed E-state index contributed by atoms with van der Waals surface area (Å²) in [4.78, 5) is 29.2. The van der Waals surface area contributed by atoms with E-state index in [1.54, 1.807) is 44.6 Å². The maximum atomic E-state index is 12.5. The summed E-state index contributed by atoms with van der Waals surface area (Å²) in [6, 6.07) is 3.62. The van der Waals surface area contributed by atoms with Gasteiger partial charge in [-0.05, 0) is 37.7 Å². The largest absolute Gasteiger partial charge is 0.444 e. The van der Waals surface area contributed by atoms with E-state index in [1.165, 1.54) is 16.7 Å². The molecule has 0 spiro atoms. The van der Waals surface area contributed by atoms with Gasteiger partial charge in [0.2, 0.25) is 5.91 Å². The van der Waals surface area contributed by atoms with E-state index in [1.807, 2.05) is 6.07 Å². The Kier molecular flexibility index (Phi) is 4.65. The number of carbonyl (C=O) groups is 2. The first-order valence-electron chi connectivity index (χ1n) is 6.72. The fraction of sp³-hybridized carbons (Fsp3) is 0.333. The van der Waals surface area contributed by atoms with Crippen molar-refractivity contribution in [2.24, 2.45) is 5.73 Å². The van der Waals surface area contributed by atoms with Crippen molar-refractivity contribution in [3.8, 4) is 0 Å². The van der Waals surface area contributed by atoms with Crippen LogP contribution in [0.2, 0.25) is 0 Å². The van der Waals surface area contributed by atoms with Crippen molar-refractivity contribution in [1.82, 2.24) is 9.88 Å². The van der Waals surface area contributed by atoms with Gasteiger partial charge in [-0.25, -0.2) is 4.79 Å². The van der Waals surface area contributed by atoms with Crippen LogP contribution in [0.1, 0.15) is 32.8 Å². The van der Waals surface area contributed by atoms with Crippen molar-refractivity contribution >= 4 is 23.8 Å². The molecule has 0 aliphatic carbocycles. The number of primary amides is 1. The summed E-state index contributed by atoms with van der Waals surface area (Å²) in [5, 5.41) is 2.38. The van der Waals surface area contributed by atoms with Crippen LogP contribution >= 0.6 is 11.8 Å². The normalized spacial score (nSPS) is 14.8. The van der Waals surface area contributed by atoms with Crippen LogP contribution in [0, 0.1) is 5.37 Å². The molecule has 6 nitrogen and oxygen atoms in total. The molecule has 2 rings (SSSR count). The van der Waals surface area contributed by atoms with Crippen molar-refractivity contribution in [3.05, 3.63) is 46.6 Å². The van der Waals surface area contributed by atoms with E-state index in [4.69, 9.17) is 10.5 Å². The summed E-state index contributed by atoms with van der Waals surface area (Å²) >= 11 is 1.34. The van der Waals surface area contributed by atoms with Crippen LogP contribution in [0.15, 0.2) is 35.6 Å². The SMILES string of the molecule is CC(C)(C)OC(=O)N1C(CC(N)=O)=CS[C-]1c1cccnc1. The van der Waals surface area contributed by atoms with E-state index in [-0.39, 0.29) is 6.42 Å². The maximum Gasteiger partial charge on any atom is 0.408 e. The second kappa shape index (κ2) is 6.31. The fourth-order valence-electron chi connectivity index (χ4n) is 1.85. The van der Waals surface area contributed by atoms with Gasteiger partial charge in [-0.3, -0.25) is 9.69 Å². The number of hydrogen-bond acceptors (Lipinski definition) is 5. The molecule has 0 bridgehead atoms. The molecule has 1 aromatic heterocycles. The van der Waals surface area contributed by atoms with Crippen molar-refractivity contribution < 1.29 is 14.3 Å². The van der Waals surface area contributed by atoms with Gasteiger partial charge in [-0.1, -0.05) is 6.20 Å². The molecule has 2 amide bonds. The van der Waals surface area contributed by atoms with E-state index >= 15 is 0 Å². The molecule has 7 heteroatoms. The fourth-order valence-corrected chi connectivity index (χ4v) is 2.84. The third-order valence-corrected chi connectivity index (χ3v) is 3.67. The summed E-state index contributed by atoms with van der Waals surface area (Å²) in [5.41, 5.74) is 5.90. The van der Waals surface area contributed by atoms with Crippen LogP contribution in [0.5, 0.6) is 0 Å². The highest BCUT2D eigenvalue weighted by atomic mass is 32.2. The average Bonchev–Trinajstić information content (AvgIpc) is 2.80. The number of amides is 2. The van der Waals surface area contributed by atoms with Gasteiger partial charge in [0, 0.05) is 5.70 Å². The van der Waals surface area contributed by atoms with E-state index in [0.717, 1.165) is 5.56 Å². The van der Waals surface area contributed by atoms with E-state index in [0.29, 0.717) is 11.1 Å². The van der Waals surface area contributed by atoms with E-state index in [9.17, 15) is 9.59 Å². The minimum absolute atomic E-state index is 0.0317. The standard InChI is InChI=1S/C15H18N3O3S/c1-15(2,3)21-14(20)18-11(7-12(16)19)9-22-13(18)10-5-4-6-17-8-10/h4-6,8-9H,7H2,1-3H3,(H2,16,19)/q-1. The third kappa shape index (κ3) is 3.94. The Balaban J connectivity index is 2.28. The molecule has 0 radical (unpaired) electrons. The monoisotopic (exact) mass is 320 g/mol. The molecular weight excluding hydrogens is 302 g/mol. The molecule has 0 aromatic carbocycles. The lowest BCUT2D eigenvalue weighted by Gasteiger charge is -2.34. The number of aromatic nitrogens is 1. The first-order valence-corrected chi connectivity index (χ1v) is 7.60. The highest BCUT2D eigenvalue weighted by molar-refractivity contribution is 8.05. The third-order valence-electron chi connectivity index (χ3n) is 2.64. The number of thioether (sulfide) groups is 1. The zero-order chi connectivity index (χ0) is 16.3. The summed E-state index contributed by atoms with van der Waals surface area (Å²) in [6.45, 7) is 5.36. The summed E-state index contributed by atoms with van der Waals surface area (Å²) in [5.74, 6) is -0.507. The number of ether oxygens (including phenoxy) is 1. The molecule has 0 saturated carbocycles. The Morgan fingerprint density at radius 3 is 2.73 bits per heavy atom. The first-order chi connectivity index (χ1) is 10.3. The molecule has 0 unspecified atom stereocenters. The zero-order valence-electron chi connectivity index (χ0n) is 12.7. The predicted molar refractivity (Wildman–Crippen MR) is 84.1 cm³/mol. The Labute approximate surface area is 133 Å². The molecule has 118 valence electrons. The number of carbonyl (C=O) groups excluding carboxylic acids is 2. The summed E-state index contributed by atoms with van der Waals surface area (Å²) in [7, 11) is 0. The van der Waals surface area contributed by atoms with Crippen LogP contribution in [0.25, 0.3) is 0 Å². The molecule has 2 N–H and O–H groups in total. The number of rotatable bonds is 3. The van der Waals surface area contributed by atoms with E-state index < -0.39 is 17.6 Å². The Morgan fingerprint density at radius 1 is 1.45 bits per heavy atom. The minimum atomic E-state index is -0.637. The predicted octanol–water partition coefficient (Wildman–Crippen LogP) is 2.62. The number of nitrogens with zero attached hydrogens (tertiary/aromatic N) is 2. The minimum Gasteiger partial charge on any atom is -0.444 e. The van der Waals surface area contributed by atoms with Gasteiger partial charge >= 0.3 is 6.09 Å². The van der Waals surface area contributed by atoms with Crippen molar-refractivity contribution in [1.29, 1.82) is 0 Å². The first kappa shape index (κ1) is 16.2. The Hall–Kier alpha value is -2.15. The number of nitrogens with two attached hydrogens (primary N) is 1. The van der Waals surface area contributed by atoms with Crippen LogP contribution < -0.4 is 5.73 Å². The van der Waals surface area contributed by atoms with Gasteiger partial charge in [0.1, 0.15) is 5.60 Å². The second-order valence-electron chi connectivity index (χ2n) is 5.73. The van der Waals surface area contributed by atoms with Crippen LogP contribution in [0.3, 0.4) is 0 Å². The highest BCUT2D eigenvalue weighted by Crippen LogP contribution is 2.43. The Bertz CT molecular complexity index is 596. The molecule has 22 heavy (non-hydrogen) atoms. The molecule has 2 heterocycles. The maximum absolute atomic E-state index is 12.5. The van der Waals surface area contributed by atoms with Crippen molar-refractivity contribution in [3.63, 3.8) is 0 Å². The lowest BCUT2D eigenvalue weighted by atomic mass is 10.2. The molecular formula is C15H18N3O3S-. The Morgan fingerprint density at radius 2 is 2.18 bits per heavy atom. The van der Waals surface area contributed by atoms with Gasteiger partial charge in [0.25, 0.3) is 0 Å². The molecule has 1 aromatic rings. The van der Waals surface area contributed by atoms with Crippen molar-refractivity contribution in [2.75, 3.05) is 0 Å². The summed E-state index contributed by atoms with van der Waals surface area (Å²) in [6.07, 6.45) is 2.74. The van der Waals surface area contributed by atoms with Crippen LogP contribution in [-0.2, 0) is 9.53 Å². The van der Waals surface area contributed by atoms with Crippen LogP contribution in [-0.4, -0.2) is 27.5 Å². The van der Waals surface area contributed by atoms with E-state index in [2.05, 4.69) is 4.98 Å². The lowest BCUT2D eigenvalue weighted by Crippen LogP contribution is -2.37. The van der Waals surface area contributed by atoms with Gasteiger partial charge in [-0.2, -0.15) is 6.07 Å². The summed E-state index contributed by atoms with van der Waals surface area (Å²) < 4.78 is 5.42. The average molecular weight is 320 g/mol. The van der Waals surface area contributed by atoms with Gasteiger partial charge in [-0.15, -0.1) is 23.4 Å². The molecule has 0 atom stereocenters. The van der Waals surface area contributed by atoms with Gasteiger partial charge < -0.3 is 15.5 Å². The number of hydrogen-bond donors (Lipinski definition) is 1. The number of pyridine rings is 1. The molecule has 0 fully saturated rings. The second-order valence-corrected chi connectivity index (χ2v) is 6.59. The zero-order valence-corrected chi connectivity index (χ0v) is 13.5. The molecule has 0 saturated heterocycles. The smallest absolute Gasteiger partial charge is 0.408 e.